The number of hydrogen-bond acceptors (Lipinski definition) is 7. The largest absolute Gasteiger partial charge is 0.495 e. The van der Waals surface area contributed by atoms with Crippen LogP contribution in [0.1, 0.15) is 18.5 Å². The van der Waals surface area contributed by atoms with Gasteiger partial charge in [0.05, 0.1) is 18.8 Å². The van der Waals surface area contributed by atoms with E-state index in [0.717, 1.165) is 16.4 Å². The molecule has 0 saturated carbocycles. The summed E-state index contributed by atoms with van der Waals surface area (Å²) in [5.74, 6) is -3.19. The Bertz CT molecular complexity index is 1400. The predicted molar refractivity (Wildman–Crippen MR) is 145 cm³/mol. The summed E-state index contributed by atoms with van der Waals surface area (Å²) in [6.07, 6.45) is 0. The highest BCUT2D eigenvalue weighted by atomic mass is 16.5. The summed E-state index contributed by atoms with van der Waals surface area (Å²) >= 11 is 0. The van der Waals surface area contributed by atoms with E-state index in [9.17, 15) is 4.79 Å². The first-order valence-electron chi connectivity index (χ1n) is 11.8. The van der Waals surface area contributed by atoms with E-state index in [-0.39, 0.29) is 11.9 Å². The molecule has 3 aromatic carbocycles. The van der Waals surface area contributed by atoms with Crippen LogP contribution in [0.15, 0.2) is 71.1 Å². The normalized spacial score (nSPS) is 12.4. The minimum absolute atomic E-state index is 0.135. The lowest BCUT2D eigenvalue weighted by Crippen LogP contribution is -2.42. The fraction of sp³-hybridized carbons (Fsp3) is 0.250. The minimum Gasteiger partial charge on any atom is -0.495 e. The van der Waals surface area contributed by atoms with Gasteiger partial charge < -0.3 is 34.9 Å². The molecule has 0 spiro atoms. The number of para-hydroxylation sites is 1. The zero-order valence-corrected chi connectivity index (χ0v) is 21.6. The molecule has 0 saturated heterocycles. The Hall–Kier alpha value is -4.41. The van der Waals surface area contributed by atoms with Crippen molar-refractivity contribution in [2.24, 2.45) is 0 Å². The Morgan fingerprint density at radius 3 is 2.16 bits per heavy atom. The molecule has 10 heteroatoms. The van der Waals surface area contributed by atoms with E-state index in [1.165, 1.54) is 5.56 Å². The van der Waals surface area contributed by atoms with Crippen molar-refractivity contribution in [1.82, 2.24) is 10.2 Å². The van der Waals surface area contributed by atoms with Crippen LogP contribution in [-0.4, -0.2) is 66.8 Å². The quantitative estimate of drug-likeness (QED) is 0.253. The van der Waals surface area contributed by atoms with Gasteiger partial charge in [0, 0.05) is 29.4 Å². The Labute approximate surface area is 219 Å². The molecule has 4 N–H and O–H groups in total. The van der Waals surface area contributed by atoms with Gasteiger partial charge >= 0.3 is 11.9 Å². The van der Waals surface area contributed by atoms with Crippen LogP contribution in [0.5, 0.6) is 5.75 Å². The van der Waals surface area contributed by atoms with Gasteiger partial charge in [-0.1, -0.05) is 48.5 Å². The summed E-state index contributed by atoms with van der Waals surface area (Å²) in [7, 11) is 5.68. The molecule has 0 fully saturated rings. The number of benzene rings is 3. The van der Waals surface area contributed by atoms with Crippen LogP contribution in [0.25, 0.3) is 21.9 Å². The molecular weight excluding hydrogens is 490 g/mol. The second-order valence-electron chi connectivity index (χ2n) is 8.77. The highest BCUT2D eigenvalue weighted by Gasteiger charge is 2.20. The van der Waals surface area contributed by atoms with Crippen LogP contribution < -0.4 is 15.4 Å². The number of anilines is 1. The number of aliphatic carboxylic acids is 2. The summed E-state index contributed by atoms with van der Waals surface area (Å²) in [6.45, 7) is 2.50. The van der Waals surface area contributed by atoms with Crippen LogP contribution >= 0.6 is 0 Å². The number of carboxylic acids is 2. The number of fused-ring (bicyclic) bond motifs is 3. The van der Waals surface area contributed by atoms with Crippen LogP contribution in [0.3, 0.4) is 0 Å². The zero-order valence-electron chi connectivity index (χ0n) is 21.6. The third kappa shape index (κ3) is 6.87. The van der Waals surface area contributed by atoms with Gasteiger partial charge in [0.2, 0.25) is 5.91 Å². The SMILES string of the molecule is COc1cc2c(cc1NC(=O)C(C)NCC(c1ccccc1)N(C)C)oc1ccccc12.O=C(O)C(=O)O. The van der Waals surface area contributed by atoms with Gasteiger partial charge in [-0.15, -0.1) is 0 Å². The molecule has 4 rings (SSSR count). The average molecular weight is 522 g/mol. The number of carboxylic acid groups (broad SMARTS) is 2. The van der Waals surface area contributed by atoms with Gasteiger partial charge in [-0.3, -0.25) is 4.79 Å². The smallest absolute Gasteiger partial charge is 0.414 e. The number of nitrogens with one attached hydrogen (secondary N) is 2. The van der Waals surface area contributed by atoms with E-state index in [4.69, 9.17) is 29.0 Å². The van der Waals surface area contributed by atoms with Crippen molar-refractivity contribution >= 4 is 45.5 Å². The lowest BCUT2D eigenvalue weighted by Gasteiger charge is -2.26. The van der Waals surface area contributed by atoms with Crippen LogP contribution in [0.2, 0.25) is 0 Å². The monoisotopic (exact) mass is 521 g/mol. The molecule has 4 aromatic rings. The fourth-order valence-electron chi connectivity index (χ4n) is 3.91. The number of ether oxygens (including phenoxy) is 1. The summed E-state index contributed by atoms with van der Waals surface area (Å²) in [5, 5.41) is 23.1. The minimum atomic E-state index is -1.82. The number of carbonyl (C=O) groups excluding carboxylic acids is 1. The second kappa shape index (κ2) is 12.7. The molecule has 10 nitrogen and oxygen atoms in total. The van der Waals surface area contributed by atoms with E-state index in [2.05, 4.69) is 27.7 Å². The number of hydrogen-bond donors (Lipinski definition) is 4. The number of carbonyl (C=O) groups is 3. The number of furan rings is 1. The molecule has 0 bridgehead atoms. The third-order valence-electron chi connectivity index (χ3n) is 5.96. The van der Waals surface area contributed by atoms with Gasteiger partial charge in [0.15, 0.2) is 0 Å². The molecule has 1 amide bonds. The Morgan fingerprint density at radius 1 is 0.921 bits per heavy atom. The zero-order chi connectivity index (χ0) is 27.8. The Morgan fingerprint density at radius 2 is 1.55 bits per heavy atom. The first kappa shape index (κ1) is 28.2. The van der Waals surface area contributed by atoms with E-state index in [1.807, 2.05) is 75.6 Å². The van der Waals surface area contributed by atoms with Gasteiger partial charge in [-0.2, -0.15) is 0 Å². The first-order valence-corrected chi connectivity index (χ1v) is 11.8. The molecule has 1 heterocycles. The maximum atomic E-state index is 12.9. The van der Waals surface area contributed by atoms with Crippen molar-refractivity contribution in [3.8, 4) is 5.75 Å². The summed E-state index contributed by atoms with van der Waals surface area (Å²) in [5.41, 5.74) is 3.30. The molecule has 200 valence electrons. The second-order valence-corrected chi connectivity index (χ2v) is 8.77. The summed E-state index contributed by atoms with van der Waals surface area (Å²) < 4.78 is 11.5. The van der Waals surface area contributed by atoms with Crippen LogP contribution in [-0.2, 0) is 14.4 Å². The van der Waals surface area contributed by atoms with Crippen LogP contribution in [0, 0.1) is 0 Å². The molecule has 0 aliphatic rings. The van der Waals surface area contributed by atoms with Gasteiger partial charge in [-0.05, 0) is 38.7 Å². The van der Waals surface area contributed by atoms with Crippen molar-refractivity contribution in [2.75, 3.05) is 33.1 Å². The molecule has 38 heavy (non-hydrogen) atoms. The third-order valence-corrected chi connectivity index (χ3v) is 5.96. The average Bonchev–Trinajstić information content (AvgIpc) is 3.26. The molecule has 1 aromatic heterocycles. The highest BCUT2D eigenvalue weighted by molar-refractivity contribution is 6.27. The van der Waals surface area contributed by atoms with E-state index in [1.54, 1.807) is 7.11 Å². The molecule has 2 unspecified atom stereocenters. The molecule has 0 aliphatic carbocycles. The highest BCUT2D eigenvalue weighted by Crippen LogP contribution is 2.36. The number of amides is 1. The van der Waals surface area contributed by atoms with Crippen molar-refractivity contribution in [3.05, 3.63) is 72.3 Å². The van der Waals surface area contributed by atoms with Crippen LogP contribution in [0.4, 0.5) is 5.69 Å². The van der Waals surface area contributed by atoms with E-state index in [0.29, 0.717) is 23.6 Å². The van der Waals surface area contributed by atoms with Crippen molar-refractivity contribution < 1.29 is 33.8 Å². The number of likely N-dealkylation sites (N-methyl/N-ethyl adjacent to an activating group) is 1. The standard InChI is InChI=1S/C26H29N3O3.C2H2O4/c1-17(27-16-22(29(2)3)18-10-6-5-7-11-18)26(30)28-21-15-24-20(14-25(21)31-4)19-12-8-9-13-23(19)32-24;3-1(4)2(5)6/h5-15,17,22,27H,16H2,1-4H3,(H,28,30);(H,3,4)(H,5,6). The fourth-order valence-corrected chi connectivity index (χ4v) is 3.91. The van der Waals surface area contributed by atoms with Crippen molar-refractivity contribution in [3.63, 3.8) is 0 Å². The maximum Gasteiger partial charge on any atom is 0.414 e. The molecule has 2 atom stereocenters. The first-order chi connectivity index (χ1) is 18.1. The van der Waals surface area contributed by atoms with E-state index < -0.39 is 18.0 Å². The molecule has 0 aliphatic heterocycles. The number of methoxy groups -OCH3 is 1. The van der Waals surface area contributed by atoms with Gasteiger partial charge in [0.1, 0.15) is 16.9 Å². The Kier molecular flexibility index (Phi) is 9.42. The van der Waals surface area contributed by atoms with Gasteiger partial charge in [-0.25, -0.2) is 9.59 Å². The maximum absolute atomic E-state index is 12.9. The predicted octanol–water partition coefficient (Wildman–Crippen LogP) is 3.97. The lowest BCUT2D eigenvalue weighted by atomic mass is 10.1. The Balaban J connectivity index is 0.000000599. The summed E-state index contributed by atoms with van der Waals surface area (Å²) in [6, 6.07) is 21.6. The number of rotatable bonds is 8. The summed E-state index contributed by atoms with van der Waals surface area (Å²) in [4.78, 5) is 33.3. The van der Waals surface area contributed by atoms with E-state index >= 15 is 0 Å². The van der Waals surface area contributed by atoms with Gasteiger partial charge in [0.25, 0.3) is 0 Å². The lowest BCUT2D eigenvalue weighted by molar-refractivity contribution is -0.159. The van der Waals surface area contributed by atoms with Crippen molar-refractivity contribution in [1.29, 1.82) is 0 Å². The molecular formula is C28H31N3O7. The molecule has 0 radical (unpaired) electrons. The van der Waals surface area contributed by atoms with Crippen molar-refractivity contribution in [2.45, 2.75) is 19.0 Å². The topological polar surface area (TPSA) is 141 Å². The number of nitrogens with zero attached hydrogens (tertiary/aromatic N) is 1.